The molecule has 3 heteroatoms. The SMILES string of the molecule is CCc1cccc(C(=O)NCCC2CCCN2C)c1. The molecule has 19 heavy (non-hydrogen) atoms. The molecule has 1 aliphatic rings. The van der Waals surface area contributed by atoms with Crippen LogP contribution in [0.15, 0.2) is 24.3 Å². The molecule has 0 aliphatic carbocycles. The Morgan fingerprint density at radius 1 is 1.47 bits per heavy atom. The standard InChI is InChI=1S/C16H24N2O/c1-3-13-6-4-7-14(12-13)16(19)17-10-9-15-8-5-11-18(15)2/h4,6-7,12,15H,3,5,8-11H2,1-2H3,(H,17,19). The monoisotopic (exact) mass is 260 g/mol. The molecule has 1 atom stereocenters. The molecule has 1 aromatic carbocycles. The molecular weight excluding hydrogens is 236 g/mol. The Bertz CT molecular complexity index is 431. The van der Waals surface area contributed by atoms with Crippen LogP contribution in [0.5, 0.6) is 0 Å². The number of benzene rings is 1. The summed E-state index contributed by atoms with van der Waals surface area (Å²) >= 11 is 0. The van der Waals surface area contributed by atoms with E-state index in [9.17, 15) is 4.79 Å². The molecule has 0 bridgehead atoms. The summed E-state index contributed by atoms with van der Waals surface area (Å²) in [5.41, 5.74) is 1.99. The van der Waals surface area contributed by atoms with E-state index < -0.39 is 0 Å². The summed E-state index contributed by atoms with van der Waals surface area (Å²) in [6, 6.07) is 8.53. The fraction of sp³-hybridized carbons (Fsp3) is 0.562. The highest BCUT2D eigenvalue weighted by molar-refractivity contribution is 5.94. The number of rotatable bonds is 5. The number of likely N-dealkylation sites (tertiary alicyclic amines) is 1. The summed E-state index contributed by atoms with van der Waals surface area (Å²) in [6.07, 6.45) is 4.56. The van der Waals surface area contributed by atoms with Crippen molar-refractivity contribution in [1.29, 1.82) is 0 Å². The lowest BCUT2D eigenvalue weighted by molar-refractivity contribution is 0.0950. The highest BCUT2D eigenvalue weighted by Crippen LogP contribution is 2.17. The van der Waals surface area contributed by atoms with Crippen LogP contribution in [0.25, 0.3) is 0 Å². The van der Waals surface area contributed by atoms with Crippen LogP contribution in [0.1, 0.15) is 42.1 Å². The van der Waals surface area contributed by atoms with Gasteiger partial charge in [0.25, 0.3) is 5.91 Å². The molecule has 2 rings (SSSR count). The zero-order valence-electron chi connectivity index (χ0n) is 12.0. The normalized spacial score (nSPS) is 19.6. The summed E-state index contributed by atoms with van der Waals surface area (Å²) in [4.78, 5) is 14.4. The summed E-state index contributed by atoms with van der Waals surface area (Å²) in [5, 5.41) is 3.03. The van der Waals surface area contributed by atoms with E-state index in [-0.39, 0.29) is 5.91 Å². The van der Waals surface area contributed by atoms with Crippen molar-refractivity contribution in [2.24, 2.45) is 0 Å². The minimum atomic E-state index is 0.0518. The van der Waals surface area contributed by atoms with E-state index in [0.29, 0.717) is 6.04 Å². The van der Waals surface area contributed by atoms with E-state index in [0.717, 1.165) is 24.9 Å². The van der Waals surface area contributed by atoms with Crippen LogP contribution in [0, 0.1) is 0 Å². The largest absolute Gasteiger partial charge is 0.352 e. The third-order valence-corrected chi connectivity index (χ3v) is 4.03. The lowest BCUT2D eigenvalue weighted by atomic mass is 10.1. The maximum Gasteiger partial charge on any atom is 0.251 e. The number of aryl methyl sites for hydroxylation is 1. The Labute approximate surface area is 116 Å². The topological polar surface area (TPSA) is 32.3 Å². The number of carbonyl (C=O) groups excluding carboxylic acids is 1. The van der Waals surface area contributed by atoms with Crippen LogP contribution in [-0.2, 0) is 6.42 Å². The van der Waals surface area contributed by atoms with Crippen LogP contribution in [0.4, 0.5) is 0 Å². The molecule has 0 saturated carbocycles. The molecule has 1 heterocycles. The van der Waals surface area contributed by atoms with Gasteiger partial charge in [0.2, 0.25) is 0 Å². The minimum Gasteiger partial charge on any atom is -0.352 e. The first kappa shape index (κ1) is 14.1. The number of nitrogens with one attached hydrogen (secondary N) is 1. The van der Waals surface area contributed by atoms with Crippen molar-refractivity contribution in [1.82, 2.24) is 10.2 Å². The van der Waals surface area contributed by atoms with Gasteiger partial charge in [-0.25, -0.2) is 0 Å². The molecular formula is C16H24N2O. The number of nitrogens with zero attached hydrogens (tertiary/aromatic N) is 1. The molecule has 1 fully saturated rings. The summed E-state index contributed by atoms with van der Waals surface area (Å²) < 4.78 is 0. The molecule has 1 unspecified atom stereocenters. The number of hydrogen-bond donors (Lipinski definition) is 1. The average molecular weight is 260 g/mol. The zero-order valence-corrected chi connectivity index (χ0v) is 12.0. The molecule has 1 amide bonds. The predicted octanol–water partition coefficient (Wildman–Crippen LogP) is 2.46. The van der Waals surface area contributed by atoms with Gasteiger partial charge in [-0.2, -0.15) is 0 Å². The Kier molecular flexibility index (Phi) is 4.97. The van der Waals surface area contributed by atoms with Crippen LogP contribution in [-0.4, -0.2) is 37.0 Å². The first-order valence-electron chi connectivity index (χ1n) is 7.28. The van der Waals surface area contributed by atoms with E-state index in [4.69, 9.17) is 0 Å². The zero-order chi connectivity index (χ0) is 13.7. The van der Waals surface area contributed by atoms with Gasteiger partial charge in [0, 0.05) is 18.2 Å². The quantitative estimate of drug-likeness (QED) is 0.882. The van der Waals surface area contributed by atoms with Crippen molar-refractivity contribution in [2.75, 3.05) is 20.1 Å². The van der Waals surface area contributed by atoms with E-state index in [2.05, 4.69) is 30.3 Å². The summed E-state index contributed by atoms with van der Waals surface area (Å²) in [5.74, 6) is 0.0518. The molecule has 0 spiro atoms. The second-order valence-electron chi connectivity index (χ2n) is 5.38. The Morgan fingerprint density at radius 2 is 2.32 bits per heavy atom. The number of hydrogen-bond acceptors (Lipinski definition) is 2. The van der Waals surface area contributed by atoms with Gasteiger partial charge in [-0.3, -0.25) is 4.79 Å². The summed E-state index contributed by atoms with van der Waals surface area (Å²) in [7, 11) is 2.17. The van der Waals surface area contributed by atoms with Crippen LogP contribution in [0.2, 0.25) is 0 Å². The van der Waals surface area contributed by atoms with Crippen LogP contribution < -0.4 is 5.32 Å². The highest BCUT2D eigenvalue weighted by Gasteiger charge is 2.20. The van der Waals surface area contributed by atoms with E-state index in [1.165, 1.54) is 24.9 Å². The molecule has 0 aromatic heterocycles. The van der Waals surface area contributed by atoms with E-state index >= 15 is 0 Å². The lowest BCUT2D eigenvalue weighted by Crippen LogP contribution is -2.31. The van der Waals surface area contributed by atoms with Crippen molar-refractivity contribution in [3.63, 3.8) is 0 Å². The number of carbonyl (C=O) groups is 1. The van der Waals surface area contributed by atoms with Crippen molar-refractivity contribution in [2.45, 2.75) is 38.6 Å². The molecule has 104 valence electrons. The van der Waals surface area contributed by atoms with E-state index in [1.807, 2.05) is 18.2 Å². The molecule has 3 nitrogen and oxygen atoms in total. The first-order valence-corrected chi connectivity index (χ1v) is 7.28. The average Bonchev–Trinajstić information content (AvgIpc) is 2.84. The van der Waals surface area contributed by atoms with E-state index in [1.54, 1.807) is 0 Å². The maximum atomic E-state index is 12.0. The second kappa shape index (κ2) is 6.71. The lowest BCUT2D eigenvalue weighted by Gasteiger charge is -2.19. The Morgan fingerprint density at radius 3 is 3.00 bits per heavy atom. The van der Waals surface area contributed by atoms with Gasteiger partial charge in [-0.05, 0) is 57.0 Å². The van der Waals surface area contributed by atoms with Crippen LogP contribution in [0.3, 0.4) is 0 Å². The first-order chi connectivity index (χ1) is 9.20. The van der Waals surface area contributed by atoms with Gasteiger partial charge in [-0.15, -0.1) is 0 Å². The van der Waals surface area contributed by atoms with Crippen LogP contribution >= 0.6 is 0 Å². The smallest absolute Gasteiger partial charge is 0.251 e. The van der Waals surface area contributed by atoms with Gasteiger partial charge in [-0.1, -0.05) is 19.1 Å². The minimum absolute atomic E-state index is 0.0518. The van der Waals surface area contributed by atoms with Crippen molar-refractivity contribution >= 4 is 5.91 Å². The second-order valence-corrected chi connectivity index (χ2v) is 5.38. The van der Waals surface area contributed by atoms with Gasteiger partial charge >= 0.3 is 0 Å². The van der Waals surface area contributed by atoms with Crippen molar-refractivity contribution in [3.05, 3.63) is 35.4 Å². The number of amides is 1. The predicted molar refractivity (Wildman–Crippen MR) is 78.4 cm³/mol. The Balaban J connectivity index is 1.80. The molecule has 1 saturated heterocycles. The molecule has 1 N–H and O–H groups in total. The van der Waals surface area contributed by atoms with Gasteiger partial charge in [0.05, 0.1) is 0 Å². The molecule has 1 aromatic rings. The third-order valence-electron chi connectivity index (χ3n) is 4.03. The van der Waals surface area contributed by atoms with Gasteiger partial charge in [0.15, 0.2) is 0 Å². The molecule has 1 aliphatic heterocycles. The molecule has 0 radical (unpaired) electrons. The third kappa shape index (κ3) is 3.80. The maximum absolute atomic E-state index is 12.0. The fourth-order valence-corrected chi connectivity index (χ4v) is 2.73. The van der Waals surface area contributed by atoms with Gasteiger partial charge < -0.3 is 10.2 Å². The highest BCUT2D eigenvalue weighted by atomic mass is 16.1. The van der Waals surface area contributed by atoms with Crippen molar-refractivity contribution in [3.8, 4) is 0 Å². The van der Waals surface area contributed by atoms with Gasteiger partial charge in [0.1, 0.15) is 0 Å². The van der Waals surface area contributed by atoms with Crippen molar-refractivity contribution < 1.29 is 4.79 Å². The Hall–Kier alpha value is -1.35. The summed E-state index contributed by atoms with van der Waals surface area (Å²) in [6.45, 7) is 4.06. The fourth-order valence-electron chi connectivity index (χ4n) is 2.73.